The molecule has 0 bridgehead atoms. The summed E-state index contributed by atoms with van der Waals surface area (Å²) in [7, 11) is 0. The molecule has 3 aromatic rings. The molecule has 28 heavy (non-hydrogen) atoms. The molecule has 0 spiro atoms. The van der Waals surface area contributed by atoms with Gasteiger partial charge in [0.2, 0.25) is 5.91 Å². The zero-order valence-electron chi connectivity index (χ0n) is 15.4. The number of hydrogen-bond acceptors (Lipinski definition) is 5. The van der Waals surface area contributed by atoms with Crippen molar-refractivity contribution in [2.24, 2.45) is 5.92 Å². The SMILES string of the molecule is O=C(C1CN(c2nc3ccccc3s2)C1)N1CCN(c2ccccc2Cl)CC1. The normalized spacial score (nSPS) is 17.8. The number of anilines is 2. The van der Waals surface area contributed by atoms with E-state index in [9.17, 15) is 4.79 Å². The maximum absolute atomic E-state index is 12.9. The predicted octanol–water partition coefficient (Wildman–Crippen LogP) is 3.73. The highest BCUT2D eigenvalue weighted by atomic mass is 35.5. The molecule has 2 aromatic carbocycles. The quantitative estimate of drug-likeness (QED) is 0.657. The summed E-state index contributed by atoms with van der Waals surface area (Å²) < 4.78 is 1.20. The van der Waals surface area contributed by atoms with Crippen LogP contribution >= 0.6 is 22.9 Å². The first-order valence-corrected chi connectivity index (χ1v) is 10.8. The maximum atomic E-state index is 12.9. The van der Waals surface area contributed by atoms with Crippen LogP contribution in [-0.4, -0.2) is 55.1 Å². The Morgan fingerprint density at radius 3 is 2.43 bits per heavy atom. The van der Waals surface area contributed by atoms with E-state index in [0.717, 1.165) is 60.6 Å². The molecule has 0 atom stereocenters. The number of carbonyl (C=O) groups excluding carboxylic acids is 1. The van der Waals surface area contributed by atoms with Gasteiger partial charge in [-0.15, -0.1) is 0 Å². The number of halogens is 1. The van der Waals surface area contributed by atoms with Gasteiger partial charge in [-0.25, -0.2) is 4.98 Å². The summed E-state index contributed by atoms with van der Waals surface area (Å²) in [5, 5.41) is 1.79. The third-order valence-corrected chi connectivity index (χ3v) is 6.99. The number of amides is 1. The van der Waals surface area contributed by atoms with E-state index >= 15 is 0 Å². The minimum atomic E-state index is 0.0823. The molecule has 1 amide bonds. The topological polar surface area (TPSA) is 39.7 Å². The van der Waals surface area contributed by atoms with Crippen LogP contribution in [0.3, 0.4) is 0 Å². The minimum Gasteiger partial charge on any atom is -0.367 e. The Kier molecular flexibility index (Phi) is 4.61. The van der Waals surface area contributed by atoms with E-state index in [4.69, 9.17) is 16.6 Å². The number of benzene rings is 2. The van der Waals surface area contributed by atoms with Gasteiger partial charge in [0.1, 0.15) is 0 Å². The van der Waals surface area contributed by atoms with Crippen molar-refractivity contribution in [2.75, 3.05) is 49.1 Å². The monoisotopic (exact) mass is 412 g/mol. The Labute approximate surface area is 173 Å². The molecule has 0 saturated carbocycles. The average molecular weight is 413 g/mol. The molecule has 2 aliphatic rings. The molecule has 7 heteroatoms. The Hall–Kier alpha value is -2.31. The number of hydrogen-bond donors (Lipinski definition) is 0. The van der Waals surface area contributed by atoms with Gasteiger partial charge in [0, 0.05) is 39.3 Å². The lowest BCUT2D eigenvalue weighted by molar-refractivity contribution is -0.136. The molecule has 2 fully saturated rings. The molecule has 0 aliphatic carbocycles. The van der Waals surface area contributed by atoms with Crippen molar-refractivity contribution in [1.29, 1.82) is 0 Å². The van der Waals surface area contributed by atoms with Crippen LogP contribution < -0.4 is 9.80 Å². The van der Waals surface area contributed by atoms with Crippen LogP contribution in [0, 0.1) is 5.92 Å². The largest absolute Gasteiger partial charge is 0.367 e. The van der Waals surface area contributed by atoms with Crippen molar-refractivity contribution < 1.29 is 4.79 Å². The number of aromatic nitrogens is 1. The number of thiazole rings is 1. The highest BCUT2D eigenvalue weighted by Crippen LogP contribution is 2.33. The van der Waals surface area contributed by atoms with Crippen LogP contribution in [0.25, 0.3) is 10.2 Å². The predicted molar refractivity (Wildman–Crippen MR) is 116 cm³/mol. The lowest BCUT2D eigenvalue weighted by Crippen LogP contribution is -2.58. The fourth-order valence-electron chi connectivity index (χ4n) is 3.92. The summed E-state index contributed by atoms with van der Waals surface area (Å²) in [6.45, 7) is 4.68. The fraction of sp³-hybridized carbons (Fsp3) is 0.333. The van der Waals surface area contributed by atoms with Gasteiger partial charge in [-0.3, -0.25) is 4.79 Å². The van der Waals surface area contributed by atoms with Crippen molar-refractivity contribution in [2.45, 2.75) is 0 Å². The van der Waals surface area contributed by atoms with E-state index in [1.165, 1.54) is 4.70 Å². The Balaban J connectivity index is 1.17. The Bertz CT molecular complexity index is 975. The Morgan fingerprint density at radius 2 is 1.68 bits per heavy atom. The van der Waals surface area contributed by atoms with Crippen LogP contribution in [0.2, 0.25) is 5.02 Å². The third-order valence-electron chi connectivity index (χ3n) is 5.57. The van der Waals surface area contributed by atoms with E-state index in [-0.39, 0.29) is 11.8 Å². The summed E-state index contributed by atoms with van der Waals surface area (Å²) in [6.07, 6.45) is 0. The summed E-state index contributed by atoms with van der Waals surface area (Å²) >= 11 is 8.01. The highest BCUT2D eigenvalue weighted by molar-refractivity contribution is 7.22. The van der Waals surface area contributed by atoms with E-state index in [1.54, 1.807) is 11.3 Å². The van der Waals surface area contributed by atoms with Gasteiger partial charge in [0.25, 0.3) is 0 Å². The van der Waals surface area contributed by atoms with E-state index in [0.29, 0.717) is 0 Å². The molecule has 0 unspecified atom stereocenters. The average Bonchev–Trinajstić information content (AvgIpc) is 3.11. The van der Waals surface area contributed by atoms with Crippen LogP contribution in [0.5, 0.6) is 0 Å². The standard InChI is InChI=1S/C21H21ClN4OS/c22-16-5-1-3-7-18(16)24-9-11-25(12-10-24)20(27)15-13-26(14-15)21-23-17-6-2-4-8-19(17)28-21/h1-8,15H,9-14H2. The van der Waals surface area contributed by atoms with Gasteiger partial charge >= 0.3 is 0 Å². The summed E-state index contributed by atoms with van der Waals surface area (Å²) in [6, 6.07) is 16.1. The molecule has 5 rings (SSSR count). The molecule has 0 N–H and O–H groups in total. The van der Waals surface area contributed by atoms with Gasteiger partial charge in [-0.1, -0.05) is 47.2 Å². The van der Waals surface area contributed by atoms with Crippen molar-refractivity contribution in [3.05, 3.63) is 53.6 Å². The number of fused-ring (bicyclic) bond motifs is 1. The molecule has 5 nitrogen and oxygen atoms in total. The first-order chi connectivity index (χ1) is 13.7. The summed E-state index contributed by atoms with van der Waals surface area (Å²) in [5.74, 6) is 0.357. The summed E-state index contributed by atoms with van der Waals surface area (Å²) in [5.41, 5.74) is 2.09. The lowest BCUT2D eigenvalue weighted by Gasteiger charge is -2.43. The van der Waals surface area contributed by atoms with Crippen LogP contribution in [0.15, 0.2) is 48.5 Å². The zero-order chi connectivity index (χ0) is 19.1. The van der Waals surface area contributed by atoms with Crippen molar-refractivity contribution in [1.82, 2.24) is 9.88 Å². The second kappa shape index (κ2) is 7.26. The van der Waals surface area contributed by atoms with Crippen molar-refractivity contribution >= 4 is 49.9 Å². The van der Waals surface area contributed by atoms with Crippen molar-refractivity contribution in [3.63, 3.8) is 0 Å². The molecule has 2 aliphatic heterocycles. The smallest absolute Gasteiger partial charge is 0.229 e. The third kappa shape index (κ3) is 3.20. The van der Waals surface area contributed by atoms with Crippen LogP contribution in [0.4, 0.5) is 10.8 Å². The van der Waals surface area contributed by atoms with E-state index in [2.05, 4.69) is 15.9 Å². The summed E-state index contributed by atoms with van der Waals surface area (Å²) in [4.78, 5) is 24.1. The molecule has 1 aromatic heterocycles. The highest BCUT2D eigenvalue weighted by Gasteiger charge is 2.37. The number of para-hydroxylation sites is 2. The first-order valence-electron chi connectivity index (χ1n) is 9.58. The van der Waals surface area contributed by atoms with Crippen LogP contribution in [0.1, 0.15) is 0 Å². The number of rotatable bonds is 3. The fourth-order valence-corrected chi connectivity index (χ4v) is 5.16. The van der Waals surface area contributed by atoms with E-state index < -0.39 is 0 Å². The Morgan fingerprint density at radius 1 is 0.964 bits per heavy atom. The van der Waals surface area contributed by atoms with Gasteiger partial charge in [0.05, 0.1) is 26.8 Å². The number of piperazine rings is 1. The maximum Gasteiger partial charge on any atom is 0.229 e. The van der Waals surface area contributed by atoms with Gasteiger partial charge in [0.15, 0.2) is 5.13 Å². The van der Waals surface area contributed by atoms with Gasteiger partial charge in [-0.05, 0) is 24.3 Å². The number of nitrogens with zero attached hydrogens (tertiary/aromatic N) is 4. The molecular formula is C21H21ClN4OS. The molecule has 2 saturated heterocycles. The zero-order valence-corrected chi connectivity index (χ0v) is 17.0. The number of carbonyl (C=O) groups is 1. The molecule has 0 radical (unpaired) electrons. The van der Waals surface area contributed by atoms with Gasteiger partial charge < -0.3 is 14.7 Å². The van der Waals surface area contributed by atoms with Crippen molar-refractivity contribution in [3.8, 4) is 0 Å². The molecular weight excluding hydrogens is 392 g/mol. The van der Waals surface area contributed by atoms with Crippen LogP contribution in [-0.2, 0) is 4.79 Å². The second-order valence-electron chi connectivity index (χ2n) is 7.33. The first kappa shape index (κ1) is 17.8. The second-order valence-corrected chi connectivity index (χ2v) is 8.75. The molecule has 3 heterocycles. The molecule has 144 valence electrons. The van der Waals surface area contributed by atoms with Gasteiger partial charge in [-0.2, -0.15) is 0 Å². The van der Waals surface area contributed by atoms with E-state index in [1.807, 2.05) is 47.4 Å². The minimum absolute atomic E-state index is 0.0823. The lowest BCUT2D eigenvalue weighted by atomic mass is 9.99.